The first-order valence-corrected chi connectivity index (χ1v) is 8.35. The van der Waals surface area contributed by atoms with E-state index in [-0.39, 0.29) is 18.0 Å². The smallest absolute Gasteiger partial charge is 0.243 e. The molecule has 0 bridgehead atoms. The minimum Gasteiger partial charge on any atom is -0.310 e. The molecule has 0 spiro atoms. The second kappa shape index (κ2) is 6.73. The van der Waals surface area contributed by atoms with Gasteiger partial charge in [-0.25, -0.2) is 0 Å². The van der Waals surface area contributed by atoms with Crippen LogP contribution in [0.5, 0.6) is 0 Å². The quantitative estimate of drug-likeness (QED) is 0.921. The van der Waals surface area contributed by atoms with Crippen LogP contribution >= 0.6 is 11.6 Å². The number of anilines is 1. The molecule has 0 fully saturated rings. The van der Waals surface area contributed by atoms with E-state index in [4.69, 9.17) is 11.6 Å². The Morgan fingerprint density at radius 3 is 2.61 bits per heavy atom. The van der Waals surface area contributed by atoms with Gasteiger partial charge in [-0.3, -0.25) is 10.1 Å². The Hall–Kier alpha value is -1.84. The molecule has 1 aliphatic rings. The summed E-state index contributed by atoms with van der Waals surface area (Å²) in [6, 6.07) is 15.6. The van der Waals surface area contributed by atoms with Gasteiger partial charge in [0.25, 0.3) is 0 Å². The van der Waals surface area contributed by atoms with Gasteiger partial charge in [-0.1, -0.05) is 48.0 Å². The van der Waals surface area contributed by atoms with Gasteiger partial charge >= 0.3 is 0 Å². The van der Waals surface area contributed by atoms with Crippen LogP contribution in [0.2, 0.25) is 5.02 Å². The fourth-order valence-electron chi connectivity index (χ4n) is 3.16. The molecule has 23 heavy (non-hydrogen) atoms. The third-order valence-corrected chi connectivity index (χ3v) is 4.74. The van der Waals surface area contributed by atoms with Crippen LogP contribution in [0.1, 0.15) is 31.0 Å². The lowest BCUT2D eigenvalue weighted by molar-refractivity contribution is -0.120. The fourth-order valence-corrected chi connectivity index (χ4v) is 3.46. The predicted octanol–water partition coefficient (Wildman–Crippen LogP) is 3.97. The Labute approximate surface area is 142 Å². The maximum absolute atomic E-state index is 12.8. The monoisotopic (exact) mass is 328 g/mol. The van der Waals surface area contributed by atoms with Gasteiger partial charge in [0, 0.05) is 23.3 Å². The van der Waals surface area contributed by atoms with E-state index in [0.29, 0.717) is 0 Å². The normalized spacial score (nSPS) is 16.0. The zero-order valence-electron chi connectivity index (χ0n) is 13.4. The van der Waals surface area contributed by atoms with Crippen molar-refractivity contribution in [1.29, 1.82) is 0 Å². The van der Waals surface area contributed by atoms with Crippen molar-refractivity contribution in [3.63, 3.8) is 0 Å². The summed E-state index contributed by atoms with van der Waals surface area (Å²) < 4.78 is 0. The van der Waals surface area contributed by atoms with Crippen molar-refractivity contribution in [3.05, 3.63) is 64.7 Å². The van der Waals surface area contributed by atoms with Gasteiger partial charge in [0.1, 0.15) is 0 Å². The van der Waals surface area contributed by atoms with E-state index in [1.54, 1.807) is 0 Å². The molecule has 1 N–H and O–H groups in total. The number of para-hydroxylation sites is 1. The maximum atomic E-state index is 12.8. The van der Waals surface area contributed by atoms with E-state index < -0.39 is 0 Å². The van der Waals surface area contributed by atoms with E-state index >= 15 is 0 Å². The number of amides is 1. The van der Waals surface area contributed by atoms with Crippen LogP contribution in [-0.2, 0) is 11.2 Å². The standard InChI is InChI=1S/C19H21ClN2O/c1-13(16-8-4-5-9-17(16)20)21-14(2)19(23)22-12-11-15-7-3-6-10-18(15)22/h3-10,13-14,21H,11-12H2,1-2H3/t13-,14+/m0/s1. The lowest BCUT2D eigenvalue weighted by Gasteiger charge is -2.25. The van der Waals surface area contributed by atoms with E-state index in [1.807, 2.05) is 61.2 Å². The second-order valence-corrected chi connectivity index (χ2v) is 6.41. The highest BCUT2D eigenvalue weighted by molar-refractivity contribution is 6.31. The number of hydrogen-bond donors (Lipinski definition) is 1. The number of rotatable bonds is 4. The van der Waals surface area contributed by atoms with Crippen molar-refractivity contribution in [2.24, 2.45) is 0 Å². The van der Waals surface area contributed by atoms with Gasteiger partial charge in [0.2, 0.25) is 5.91 Å². The summed E-state index contributed by atoms with van der Waals surface area (Å²) in [7, 11) is 0. The summed E-state index contributed by atoms with van der Waals surface area (Å²) in [5.41, 5.74) is 3.29. The van der Waals surface area contributed by atoms with Crippen molar-refractivity contribution in [3.8, 4) is 0 Å². The summed E-state index contributed by atoms with van der Waals surface area (Å²) in [6.45, 7) is 4.70. The van der Waals surface area contributed by atoms with Crippen LogP contribution in [0.15, 0.2) is 48.5 Å². The van der Waals surface area contributed by atoms with Gasteiger partial charge in [0.05, 0.1) is 6.04 Å². The predicted molar refractivity (Wildman–Crippen MR) is 95.0 cm³/mol. The topological polar surface area (TPSA) is 32.3 Å². The van der Waals surface area contributed by atoms with Crippen LogP contribution in [0.4, 0.5) is 5.69 Å². The molecule has 2 aromatic carbocycles. The summed E-state index contributed by atoms with van der Waals surface area (Å²) in [4.78, 5) is 14.7. The number of fused-ring (bicyclic) bond motifs is 1. The largest absolute Gasteiger partial charge is 0.310 e. The van der Waals surface area contributed by atoms with Gasteiger partial charge in [-0.05, 0) is 43.5 Å². The van der Waals surface area contributed by atoms with Gasteiger partial charge in [-0.2, -0.15) is 0 Å². The SMILES string of the molecule is C[C@H](N[C@H](C)C(=O)N1CCc2ccccc21)c1ccccc1Cl. The molecule has 1 amide bonds. The zero-order valence-corrected chi connectivity index (χ0v) is 14.2. The minimum absolute atomic E-state index is 0.0143. The van der Waals surface area contributed by atoms with E-state index in [0.717, 1.165) is 29.2 Å². The Balaban J connectivity index is 1.70. The summed E-state index contributed by atoms with van der Waals surface area (Å²) in [6.07, 6.45) is 0.925. The number of halogens is 1. The molecule has 2 aromatic rings. The first-order chi connectivity index (χ1) is 11.1. The Kier molecular flexibility index (Phi) is 4.69. The molecule has 1 heterocycles. The van der Waals surface area contributed by atoms with E-state index in [9.17, 15) is 4.79 Å². The van der Waals surface area contributed by atoms with Crippen LogP contribution in [0, 0.1) is 0 Å². The molecule has 3 nitrogen and oxygen atoms in total. The number of nitrogens with one attached hydrogen (secondary N) is 1. The number of carbonyl (C=O) groups is 1. The third-order valence-electron chi connectivity index (χ3n) is 4.40. The van der Waals surface area contributed by atoms with Gasteiger partial charge in [0.15, 0.2) is 0 Å². The molecule has 4 heteroatoms. The Bertz CT molecular complexity index is 716. The van der Waals surface area contributed by atoms with Crippen molar-refractivity contribution in [1.82, 2.24) is 5.32 Å². The number of carbonyl (C=O) groups excluding carboxylic acids is 1. The second-order valence-electron chi connectivity index (χ2n) is 6.00. The molecule has 0 saturated carbocycles. The van der Waals surface area contributed by atoms with E-state index in [1.165, 1.54) is 5.56 Å². The Morgan fingerprint density at radius 1 is 1.13 bits per heavy atom. The first kappa shape index (κ1) is 16.0. The summed E-state index contributed by atoms with van der Waals surface area (Å²) in [5, 5.41) is 4.09. The van der Waals surface area contributed by atoms with Crippen molar-refractivity contribution in [2.45, 2.75) is 32.4 Å². The summed E-state index contributed by atoms with van der Waals surface area (Å²) >= 11 is 6.24. The number of nitrogens with zero attached hydrogens (tertiary/aromatic N) is 1. The van der Waals surface area contributed by atoms with E-state index in [2.05, 4.69) is 11.4 Å². The Morgan fingerprint density at radius 2 is 1.83 bits per heavy atom. The molecule has 2 atom stereocenters. The molecular formula is C19H21ClN2O. The summed E-state index contributed by atoms with van der Waals surface area (Å²) in [5.74, 6) is 0.105. The highest BCUT2D eigenvalue weighted by Crippen LogP contribution is 2.28. The van der Waals surface area contributed by atoms with Gasteiger partial charge < -0.3 is 4.90 Å². The average molecular weight is 329 g/mol. The molecule has 3 rings (SSSR count). The molecule has 0 aromatic heterocycles. The molecule has 0 aliphatic carbocycles. The van der Waals surface area contributed by atoms with Crippen LogP contribution < -0.4 is 10.2 Å². The highest BCUT2D eigenvalue weighted by Gasteiger charge is 2.28. The van der Waals surface area contributed by atoms with Crippen molar-refractivity contribution in [2.75, 3.05) is 11.4 Å². The maximum Gasteiger partial charge on any atom is 0.243 e. The molecular weight excluding hydrogens is 308 g/mol. The third kappa shape index (κ3) is 3.26. The van der Waals surface area contributed by atoms with Crippen LogP contribution in [-0.4, -0.2) is 18.5 Å². The van der Waals surface area contributed by atoms with Gasteiger partial charge in [-0.15, -0.1) is 0 Å². The highest BCUT2D eigenvalue weighted by atomic mass is 35.5. The molecule has 120 valence electrons. The lowest BCUT2D eigenvalue weighted by atomic mass is 10.1. The average Bonchev–Trinajstić information content (AvgIpc) is 2.98. The fraction of sp³-hybridized carbons (Fsp3) is 0.316. The zero-order chi connectivity index (χ0) is 16.4. The molecule has 1 aliphatic heterocycles. The van der Waals surface area contributed by atoms with Crippen molar-refractivity contribution < 1.29 is 4.79 Å². The minimum atomic E-state index is -0.271. The van der Waals surface area contributed by atoms with Crippen LogP contribution in [0.25, 0.3) is 0 Å². The first-order valence-electron chi connectivity index (χ1n) is 7.97. The number of hydrogen-bond acceptors (Lipinski definition) is 2. The molecule has 0 radical (unpaired) electrons. The lowest BCUT2D eigenvalue weighted by Crippen LogP contribution is -2.45. The number of benzene rings is 2. The van der Waals surface area contributed by atoms with Crippen molar-refractivity contribution >= 4 is 23.2 Å². The van der Waals surface area contributed by atoms with Crippen LogP contribution in [0.3, 0.4) is 0 Å². The molecule has 0 saturated heterocycles. The molecule has 0 unspecified atom stereocenters.